The zero-order chi connectivity index (χ0) is 63.4. The summed E-state index contributed by atoms with van der Waals surface area (Å²) in [6.45, 7) is 27.9. The zero-order valence-electron chi connectivity index (χ0n) is 55.7. The van der Waals surface area contributed by atoms with E-state index in [1.807, 2.05) is 18.2 Å². The molecule has 12 aliphatic rings. The van der Waals surface area contributed by atoms with Crippen LogP contribution in [0.2, 0.25) is 0 Å². The predicted molar refractivity (Wildman–Crippen MR) is 333 cm³/mol. The minimum atomic E-state index is -0.990. The maximum atomic E-state index is 13.1. The van der Waals surface area contributed by atoms with Gasteiger partial charge in [-0.3, -0.25) is 43.2 Å². The molecule has 0 saturated heterocycles. The van der Waals surface area contributed by atoms with E-state index in [0.29, 0.717) is 104 Å². The van der Waals surface area contributed by atoms with Crippen LogP contribution in [-0.2, 0) is 57.4 Å². The molecule has 0 aromatic heterocycles. The van der Waals surface area contributed by atoms with Crippen molar-refractivity contribution < 1.29 is 57.4 Å². The van der Waals surface area contributed by atoms with Crippen molar-refractivity contribution in [1.29, 1.82) is 0 Å². The molecule has 12 nitrogen and oxygen atoms in total. The van der Waals surface area contributed by atoms with Gasteiger partial charge in [-0.1, -0.05) is 91.0 Å². The summed E-state index contributed by atoms with van der Waals surface area (Å²) in [4.78, 5) is 111. The van der Waals surface area contributed by atoms with Crippen LogP contribution in [0.25, 0.3) is 0 Å². The quantitative estimate of drug-likeness (QED) is 0.115. The van der Waals surface area contributed by atoms with E-state index in [1.54, 1.807) is 20.8 Å². The summed E-state index contributed by atoms with van der Waals surface area (Å²) in [6.07, 6.45) is 30.0. The molecule has 0 heterocycles. The summed E-state index contributed by atoms with van der Waals surface area (Å²) in [5.74, 6) is 4.51. The second-order valence-corrected chi connectivity index (χ2v) is 31.8. The SMILES string of the molecule is CC(=O)O[C@]1(C(C)=O)CC[C@H]2[C@@H]3C=C(C)C4=CC(=O)CC[C@]4(C)[C@H]3CC[C@@]21C.CC(=O)O[C@]1(C(C)=O)CC[C@H]2[C@@H]3C[C@H](C)C4=CC(=O)CC[C@]4(C)[C@H]3CC[C@@]21C.CCCCCC(=O)O[C@]1(C(C)=O)CC[C@H]2[C@@H]3CCC4=CC(=O)CC[C@]4(C)[C@H]3CC[C@@]21C. The molecule has 0 aliphatic heterocycles. The Hall–Kier alpha value is -4.61. The van der Waals surface area contributed by atoms with Gasteiger partial charge in [0.1, 0.15) is 0 Å². The molecular formula is C75H106O12. The molecule has 0 aromatic rings. The molecule has 0 spiro atoms. The van der Waals surface area contributed by atoms with Gasteiger partial charge < -0.3 is 14.2 Å². The van der Waals surface area contributed by atoms with Gasteiger partial charge in [-0.15, -0.1) is 0 Å². The van der Waals surface area contributed by atoms with Crippen molar-refractivity contribution in [3.8, 4) is 0 Å². The molecule has 0 unspecified atom stereocenters. The second-order valence-electron chi connectivity index (χ2n) is 31.8. The normalized spacial score (nSPS) is 44.5. The van der Waals surface area contributed by atoms with Gasteiger partial charge in [0.05, 0.1) is 0 Å². The van der Waals surface area contributed by atoms with Crippen LogP contribution in [0, 0.1) is 91.7 Å². The fraction of sp³-hybridized carbons (Fsp3) is 0.773. The fourth-order valence-electron chi connectivity index (χ4n) is 23.7. The number of carbonyl (C=O) groups is 9. The first-order valence-corrected chi connectivity index (χ1v) is 34.3. The predicted octanol–water partition coefficient (Wildman–Crippen LogP) is 15.2. The smallest absolute Gasteiger partial charge is 0.306 e. The molecule has 8 fully saturated rings. The molecule has 0 bridgehead atoms. The third-order valence-electron chi connectivity index (χ3n) is 28.0. The number of unbranched alkanes of at least 4 members (excludes halogenated alkanes) is 2. The van der Waals surface area contributed by atoms with Crippen LogP contribution >= 0.6 is 0 Å². The summed E-state index contributed by atoms with van der Waals surface area (Å²) in [7, 11) is 0. The number of Topliss-reactive ketones (excluding diaryl/α,β-unsaturated/α-hetero) is 3. The lowest BCUT2D eigenvalue weighted by atomic mass is 9.44. The molecule has 12 rings (SSSR count). The summed E-state index contributed by atoms with van der Waals surface area (Å²) in [6, 6.07) is 0. The molecule has 0 N–H and O–H groups in total. The maximum absolute atomic E-state index is 13.1. The maximum Gasteiger partial charge on any atom is 0.306 e. The Bertz CT molecular complexity index is 3010. The van der Waals surface area contributed by atoms with E-state index in [2.05, 4.69) is 68.4 Å². The van der Waals surface area contributed by atoms with Crippen molar-refractivity contribution in [2.75, 3.05) is 0 Å². The number of fused-ring (bicyclic) bond motifs is 15. The number of allylic oxidation sites excluding steroid dienone is 6. The standard InChI is InChI=1S/C27H40O4.C24H34O4.C24H32O4/c1-5-6-7-8-24(30)31-27(18(2)28)16-13-23-21-10-9-19-17-20(29)11-14-25(19,3)22(21)12-15-26(23,27)4;2*1-14-12-18-19(22(4)9-6-17(27)13-21(14)22)7-10-23(5)20(18)8-11-24(23,15(2)25)28-16(3)26/h17,21-23H,5-16H2,1-4H3;13-14,18-20H,6-12H2,1-5H3;12-13,18-20H,6-11H2,1-5H3/t21-,22+,23+,25+,26+,27+;14-,18+,19-,20-,22+,23-,24-;18-,19+,20+,22-,23+,24+/m101/s1. The van der Waals surface area contributed by atoms with E-state index in [0.717, 1.165) is 116 Å². The van der Waals surface area contributed by atoms with Gasteiger partial charge in [-0.05, 0) is 249 Å². The van der Waals surface area contributed by atoms with Gasteiger partial charge >= 0.3 is 17.9 Å². The average Bonchev–Trinajstić information content (AvgIpc) is 1.73. The van der Waals surface area contributed by atoms with Crippen molar-refractivity contribution in [3.63, 3.8) is 0 Å². The zero-order valence-corrected chi connectivity index (χ0v) is 55.7. The fourth-order valence-corrected chi connectivity index (χ4v) is 23.7. The van der Waals surface area contributed by atoms with Gasteiger partial charge in [0.15, 0.2) is 51.5 Å². The Morgan fingerprint density at radius 2 is 0.931 bits per heavy atom. The van der Waals surface area contributed by atoms with Crippen molar-refractivity contribution >= 4 is 52.6 Å². The third kappa shape index (κ3) is 10.1. The molecule has 0 amide bonds. The summed E-state index contributed by atoms with van der Waals surface area (Å²) in [5, 5.41) is 0. The Morgan fingerprint density at radius 3 is 1.47 bits per heavy atom. The number of ether oxygens (including phenoxy) is 3. The van der Waals surface area contributed by atoms with Crippen LogP contribution in [0.1, 0.15) is 257 Å². The average molecular weight is 1200 g/mol. The summed E-state index contributed by atoms with van der Waals surface area (Å²) >= 11 is 0. The van der Waals surface area contributed by atoms with E-state index in [1.165, 1.54) is 36.1 Å². The lowest BCUT2D eigenvalue weighted by molar-refractivity contribution is -0.189. The molecule has 0 radical (unpaired) electrons. The highest BCUT2D eigenvalue weighted by molar-refractivity contribution is 5.94. The highest BCUT2D eigenvalue weighted by Gasteiger charge is 2.71. The number of esters is 3. The molecular weight excluding hydrogens is 1090 g/mol. The molecule has 0 aromatic carbocycles. The van der Waals surface area contributed by atoms with Gasteiger partial charge in [0.25, 0.3) is 0 Å². The van der Waals surface area contributed by atoms with Crippen molar-refractivity contribution in [3.05, 3.63) is 46.6 Å². The van der Waals surface area contributed by atoms with Crippen molar-refractivity contribution in [2.45, 2.75) is 274 Å². The molecule has 19 atom stereocenters. The highest BCUT2D eigenvalue weighted by atomic mass is 16.6. The second kappa shape index (κ2) is 23.3. The number of hydrogen-bond acceptors (Lipinski definition) is 12. The van der Waals surface area contributed by atoms with Crippen LogP contribution in [-0.4, -0.2) is 69.4 Å². The van der Waals surface area contributed by atoms with E-state index in [-0.39, 0.29) is 85.1 Å². The monoisotopic (exact) mass is 1200 g/mol. The van der Waals surface area contributed by atoms with Crippen LogP contribution < -0.4 is 0 Å². The molecule has 8 saturated carbocycles. The van der Waals surface area contributed by atoms with E-state index in [4.69, 9.17) is 14.2 Å². The number of rotatable bonds is 10. The minimum absolute atomic E-state index is 0.00469. The first-order valence-electron chi connectivity index (χ1n) is 34.3. The van der Waals surface area contributed by atoms with E-state index < -0.39 is 16.8 Å². The first kappa shape index (κ1) is 65.3. The topological polar surface area (TPSA) is 181 Å². The van der Waals surface area contributed by atoms with Gasteiger partial charge in [-0.25, -0.2) is 0 Å². The number of carbonyl (C=O) groups excluding carboxylic acids is 9. The first-order chi connectivity index (χ1) is 40.8. The summed E-state index contributed by atoms with van der Waals surface area (Å²) in [5.41, 5.74) is 1.63. The van der Waals surface area contributed by atoms with E-state index >= 15 is 0 Å². The minimum Gasteiger partial charge on any atom is -0.451 e. The van der Waals surface area contributed by atoms with Gasteiger partial charge in [-0.2, -0.15) is 0 Å². The van der Waals surface area contributed by atoms with Gasteiger partial charge in [0, 0.05) is 55.8 Å². The molecule has 12 aliphatic carbocycles. The molecule has 87 heavy (non-hydrogen) atoms. The Labute approximate surface area is 520 Å². The van der Waals surface area contributed by atoms with Crippen molar-refractivity contribution in [2.24, 2.45) is 91.7 Å². The highest BCUT2D eigenvalue weighted by Crippen LogP contribution is 2.72. The molecule has 12 heteroatoms. The van der Waals surface area contributed by atoms with Crippen LogP contribution in [0.15, 0.2) is 46.6 Å². The molecule has 478 valence electrons. The van der Waals surface area contributed by atoms with Crippen LogP contribution in [0.3, 0.4) is 0 Å². The van der Waals surface area contributed by atoms with Crippen molar-refractivity contribution in [1.82, 2.24) is 0 Å². The van der Waals surface area contributed by atoms with E-state index in [9.17, 15) is 43.2 Å². The van der Waals surface area contributed by atoms with Crippen LogP contribution in [0.5, 0.6) is 0 Å². The number of hydrogen-bond donors (Lipinski definition) is 0. The van der Waals surface area contributed by atoms with Crippen LogP contribution in [0.4, 0.5) is 0 Å². The Balaban J connectivity index is 0.000000145. The summed E-state index contributed by atoms with van der Waals surface area (Å²) < 4.78 is 17.8. The lowest BCUT2D eigenvalue weighted by Gasteiger charge is -2.60. The number of ketones is 6. The third-order valence-corrected chi connectivity index (χ3v) is 28.0. The largest absolute Gasteiger partial charge is 0.451 e. The Morgan fingerprint density at radius 1 is 0.483 bits per heavy atom. The lowest BCUT2D eigenvalue weighted by Crippen LogP contribution is -2.59. The van der Waals surface area contributed by atoms with Gasteiger partial charge in [0.2, 0.25) is 0 Å². The Kier molecular flexibility index (Phi) is 17.5.